The van der Waals surface area contributed by atoms with Gasteiger partial charge in [-0.25, -0.2) is 9.78 Å². The average molecular weight is 545 g/mol. The van der Waals surface area contributed by atoms with Gasteiger partial charge in [-0.1, -0.05) is 35.3 Å². The Morgan fingerprint density at radius 2 is 2.09 bits per heavy atom. The molecular weight excluding hydrogens is 520 g/mol. The van der Waals surface area contributed by atoms with Crippen LogP contribution in [0.15, 0.2) is 50.8 Å². The molecule has 0 saturated heterocycles. The summed E-state index contributed by atoms with van der Waals surface area (Å²) in [4.78, 5) is 41.0. The van der Waals surface area contributed by atoms with E-state index in [1.54, 1.807) is 25.1 Å². The minimum absolute atomic E-state index is 0.145. The lowest BCUT2D eigenvalue weighted by atomic mass is 10.2. The zero-order valence-corrected chi connectivity index (χ0v) is 21.1. The zero-order valence-electron chi connectivity index (χ0n) is 19.6. The molecular formula is C24H25BrN4O6. The number of aromatic nitrogens is 2. The van der Waals surface area contributed by atoms with Gasteiger partial charge in [-0.3, -0.25) is 14.9 Å². The summed E-state index contributed by atoms with van der Waals surface area (Å²) < 4.78 is 12.5. The number of nitrogens with zero attached hydrogens (tertiary/aromatic N) is 4. The van der Waals surface area contributed by atoms with Crippen molar-refractivity contribution in [3.05, 3.63) is 72.7 Å². The number of nitro groups is 1. The van der Waals surface area contributed by atoms with Crippen LogP contribution in [0.25, 0.3) is 10.9 Å². The second kappa shape index (κ2) is 11.7. The van der Waals surface area contributed by atoms with Crippen LogP contribution in [0.2, 0.25) is 0 Å². The summed E-state index contributed by atoms with van der Waals surface area (Å²) in [5.74, 6) is -0.340. The Balaban J connectivity index is 2.12. The van der Waals surface area contributed by atoms with Crippen LogP contribution in [-0.2, 0) is 16.0 Å². The fourth-order valence-electron chi connectivity index (χ4n) is 3.33. The summed E-state index contributed by atoms with van der Waals surface area (Å²) in [5, 5.41) is 16.3. The van der Waals surface area contributed by atoms with Crippen LogP contribution in [0, 0.1) is 10.1 Å². The van der Waals surface area contributed by atoms with Crippen molar-refractivity contribution in [1.29, 1.82) is 0 Å². The van der Waals surface area contributed by atoms with Gasteiger partial charge in [-0.05, 0) is 44.5 Å². The van der Waals surface area contributed by atoms with Crippen molar-refractivity contribution in [3.63, 3.8) is 0 Å². The number of rotatable bonds is 10. The van der Waals surface area contributed by atoms with E-state index < -0.39 is 17.0 Å². The van der Waals surface area contributed by atoms with Crippen molar-refractivity contribution in [2.75, 3.05) is 6.61 Å². The van der Waals surface area contributed by atoms with Crippen LogP contribution < -0.4 is 10.3 Å². The van der Waals surface area contributed by atoms with E-state index >= 15 is 0 Å². The molecule has 0 bridgehead atoms. The van der Waals surface area contributed by atoms with Crippen molar-refractivity contribution in [2.24, 2.45) is 5.10 Å². The lowest BCUT2D eigenvalue weighted by molar-refractivity contribution is -0.386. The van der Waals surface area contributed by atoms with E-state index in [9.17, 15) is 19.7 Å². The van der Waals surface area contributed by atoms with E-state index in [2.05, 4.69) is 26.0 Å². The summed E-state index contributed by atoms with van der Waals surface area (Å²) in [6.07, 6.45) is 2.42. The number of hydrogen-bond acceptors (Lipinski definition) is 8. The lowest BCUT2D eigenvalue weighted by Gasteiger charge is -2.15. The number of benzene rings is 2. The molecule has 1 heterocycles. The highest BCUT2D eigenvalue weighted by Gasteiger charge is 2.24. The number of hydrogen-bond donors (Lipinski definition) is 0. The van der Waals surface area contributed by atoms with Crippen LogP contribution in [0.5, 0.6) is 5.75 Å². The predicted octanol–water partition coefficient (Wildman–Crippen LogP) is 4.62. The number of carbonyl (C=O) groups excluding carboxylic acids is 1. The maximum absolute atomic E-state index is 13.3. The number of carbonyl (C=O) groups is 1. The third kappa shape index (κ3) is 6.10. The minimum atomic E-state index is -1.09. The number of unbranched alkanes of at least 4 members (excludes halogenated alkanes) is 1. The maximum Gasteiger partial charge on any atom is 0.347 e. The molecule has 1 atom stereocenters. The summed E-state index contributed by atoms with van der Waals surface area (Å²) in [7, 11) is 0. The summed E-state index contributed by atoms with van der Waals surface area (Å²) in [5.41, 5.74) is 0.0621. The van der Waals surface area contributed by atoms with Gasteiger partial charge >= 0.3 is 11.7 Å². The largest absolute Gasteiger partial charge is 0.471 e. The molecule has 1 aromatic heterocycles. The molecule has 0 spiro atoms. The van der Waals surface area contributed by atoms with E-state index in [4.69, 9.17) is 9.47 Å². The Hall–Kier alpha value is -3.60. The summed E-state index contributed by atoms with van der Waals surface area (Å²) in [6, 6.07) is 9.52. The first-order valence-electron chi connectivity index (χ1n) is 11.1. The van der Waals surface area contributed by atoms with Gasteiger partial charge in [-0.15, -0.1) is 0 Å². The molecule has 0 aliphatic heterocycles. The third-order valence-electron chi connectivity index (χ3n) is 5.08. The normalized spacial score (nSPS) is 12.1. The number of para-hydroxylation sites is 1. The van der Waals surface area contributed by atoms with E-state index in [0.29, 0.717) is 23.1 Å². The SMILES string of the molecule is CCCCc1nc2ccc(Br)cc2c(=O)n1N=Cc1cccc([N+](=O)[O-])c1O[C@H](C)C(=O)OCC. The van der Waals surface area contributed by atoms with Gasteiger partial charge in [0.1, 0.15) is 5.82 Å². The molecule has 11 heteroatoms. The van der Waals surface area contributed by atoms with E-state index in [0.717, 1.165) is 17.3 Å². The number of esters is 1. The molecule has 0 unspecified atom stereocenters. The first-order chi connectivity index (χ1) is 16.8. The van der Waals surface area contributed by atoms with E-state index in [1.807, 2.05) is 13.0 Å². The standard InChI is InChI=1S/C24H25BrN4O6/c1-4-6-10-21-27-19-12-11-17(25)13-18(19)23(30)28(21)26-14-16-8-7-9-20(29(32)33)22(16)35-15(3)24(31)34-5-2/h7-9,11-15H,4-6,10H2,1-3H3/t15-/m1/s1. The van der Waals surface area contributed by atoms with Crippen LogP contribution in [0.1, 0.15) is 45.0 Å². The smallest absolute Gasteiger partial charge is 0.347 e. The van der Waals surface area contributed by atoms with Gasteiger partial charge in [0.25, 0.3) is 5.56 Å². The topological polar surface area (TPSA) is 126 Å². The Morgan fingerprint density at radius 1 is 1.31 bits per heavy atom. The van der Waals surface area contributed by atoms with Gasteiger partial charge in [0, 0.05) is 22.5 Å². The Labute approximate surface area is 209 Å². The average Bonchev–Trinajstić information content (AvgIpc) is 2.83. The molecule has 0 aliphatic rings. The van der Waals surface area contributed by atoms with Crippen molar-refractivity contribution in [1.82, 2.24) is 9.66 Å². The van der Waals surface area contributed by atoms with E-state index in [1.165, 1.54) is 29.9 Å². The molecule has 0 saturated carbocycles. The summed E-state index contributed by atoms with van der Waals surface area (Å²) >= 11 is 3.37. The molecule has 10 nitrogen and oxygen atoms in total. The van der Waals surface area contributed by atoms with Crippen molar-refractivity contribution >= 4 is 44.7 Å². The molecule has 2 aromatic carbocycles. The fourth-order valence-corrected chi connectivity index (χ4v) is 3.69. The minimum Gasteiger partial charge on any atom is -0.471 e. The van der Waals surface area contributed by atoms with Crippen LogP contribution >= 0.6 is 15.9 Å². The van der Waals surface area contributed by atoms with Crippen molar-refractivity contribution in [2.45, 2.75) is 46.1 Å². The Kier molecular flexibility index (Phi) is 8.69. The number of ether oxygens (including phenoxy) is 2. The van der Waals surface area contributed by atoms with Crippen molar-refractivity contribution in [3.8, 4) is 5.75 Å². The molecule has 3 rings (SSSR count). The zero-order chi connectivity index (χ0) is 25.5. The molecule has 0 amide bonds. The maximum atomic E-state index is 13.3. The summed E-state index contributed by atoms with van der Waals surface area (Å²) in [6.45, 7) is 5.26. The number of nitro benzene ring substituents is 1. The molecule has 0 fully saturated rings. The second-order valence-corrected chi connectivity index (χ2v) is 8.53. The highest BCUT2D eigenvalue weighted by molar-refractivity contribution is 9.10. The third-order valence-corrected chi connectivity index (χ3v) is 5.57. The van der Waals surface area contributed by atoms with Gasteiger partial charge in [-0.2, -0.15) is 9.78 Å². The monoisotopic (exact) mass is 544 g/mol. The van der Waals surface area contributed by atoms with Crippen LogP contribution in [0.4, 0.5) is 5.69 Å². The molecule has 0 radical (unpaired) electrons. The fraction of sp³-hybridized carbons (Fsp3) is 0.333. The number of halogens is 1. The lowest BCUT2D eigenvalue weighted by Crippen LogP contribution is -2.27. The highest BCUT2D eigenvalue weighted by Crippen LogP contribution is 2.31. The highest BCUT2D eigenvalue weighted by atomic mass is 79.9. The predicted molar refractivity (Wildman–Crippen MR) is 135 cm³/mol. The van der Waals surface area contributed by atoms with Crippen LogP contribution in [0.3, 0.4) is 0 Å². The number of aryl methyl sites for hydroxylation is 1. The van der Waals surface area contributed by atoms with E-state index in [-0.39, 0.29) is 29.2 Å². The molecule has 184 valence electrons. The Morgan fingerprint density at radius 3 is 2.77 bits per heavy atom. The molecule has 35 heavy (non-hydrogen) atoms. The molecule has 3 aromatic rings. The Bertz CT molecular complexity index is 1340. The first kappa shape index (κ1) is 26.0. The first-order valence-corrected chi connectivity index (χ1v) is 11.9. The molecule has 0 aliphatic carbocycles. The van der Waals surface area contributed by atoms with Gasteiger partial charge in [0.15, 0.2) is 6.10 Å². The second-order valence-electron chi connectivity index (χ2n) is 7.62. The molecule has 0 N–H and O–H groups in total. The van der Waals surface area contributed by atoms with Gasteiger partial charge in [0.2, 0.25) is 5.75 Å². The van der Waals surface area contributed by atoms with Crippen LogP contribution in [-0.4, -0.2) is 39.5 Å². The number of fused-ring (bicyclic) bond motifs is 1. The van der Waals surface area contributed by atoms with Gasteiger partial charge < -0.3 is 9.47 Å². The van der Waals surface area contributed by atoms with Crippen molar-refractivity contribution < 1.29 is 19.2 Å². The van der Waals surface area contributed by atoms with Gasteiger partial charge in [0.05, 0.1) is 28.6 Å². The quantitative estimate of drug-likeness (QED) is 0.157.